The first kappa shape index (κ1) is 13.3. The molecule has 0 saturated carbocycles. The fourth-order valence-corrected chi connectivity index (χ4v) is 2.26. The van der Waals surface area contributed by atoms with Crippen LogP contribution in [0.5, 0.6) is 0 Å². The minimum atomic E-state index is -2.76. The number of hydrogen-bond acceptors (Lipinski definition) is 2. The normalized spacial score (nSPS) is 20.1. The summed E-state index contributed by atoms with van der Waals surface area (Å²) in [6.45, 7) is 4.03. The first-order valence-electron chi connectivity index (χ1n) is 6.48. The maximum atomic E-state index is 13.0. The number of rotatable bonds is 5. The van der Waals surface area contributed by atoms with Crippen LogP contribution in [0.1, 0.15) is 25.3 Å². The Morgan fingerprint density at radius 3 is 2.61 bits per heavy atom. The number of anilines is 1. The predicted molar refractivity (Wildman–Crippen MR) is 70.1 cm³/mol. The van der Waals surface area contributed by atoms with Crippen LogP contribution >= 0.6 is 0 Å². The summed E-state index contributed by atoms with van der Waals surface area (Å²) in [5.74, 6) is -2.01. The lowest BCUT2D eigenvalue weighted by atomic mass is 10.1. The molecular formula is C14H20F2N2. The smallest absolute Gasteiger partial charge is 0.270 e. The molecule has 0 aliphatic carbocycles. The van der Waals surface area contributed by atoms with Gasteiger partial charge in [-0.15, -0.1) is 0 Å². The molecule has 0 spiro atoms. The Labute approximate surface area is 107 Å². The Morgan fingerprint density at radius 1 is 1.33 bits per heavy atom. The van der Waals surface area contributed by atoms with Crippen molar-refractivity contribution in [3.63, 3.8) is 0 Å². The Morgan fingerprint density at radius 2 is 2.06 bits per heavy atom. The zero-order chi connectivity index (χ0) is 13.0. The van der Waals surface area contributed by atoms with Gasteiger partial charge in [0.2, 0.25) is 0 Å². The zero-order valence-electron chi connectivity index (χ0n) is 10.7. The van der Waals surface area contributed by atoms with Gasteiger partial charge in [0.1, 0.15) is 0 Å². The number of alkyl halides is 2. The van der Waals surface area contributed by atoms with Crippen molar-refractivity contribution in [2.75, 3.05) is 25.0 Å². The summed E-state index contributed by atoms with van der Waals surface area (Å²) >= 11 is 0. The summed E-state index contributed by atoms with van der Waals surface area (Å²) in [6, 6.07) is 6.41. The van der Waals surface area contributed by atoms with Gasteiger partial charge in [-0.05, 0) is 44.0 Å². The lowest BCUT2D eigenvalue weighted by Gasteiger charge is -2.13. The highest BCUT2D eigenvalue weighted by Gasteiger charge is 2.23. The minimum absolute atomic E-state index is 0.0630. The summed E-state index contributed by atoms with van der Waals surface area (Å²) in [5, 5.41) is 6.61. The summed E-state index contributed by atoms with van der Waals surface area (Å²) in [7, 11) is 0. The molecule has 1 aliphatic rings. The van der Waals surface area contributed by atoms with Crippen LogP contribution < -0.4 is 10.6 Å². The van der Waals surface area contributed by atoms with Crippen LogP contribution in [0.15, 0.2) is 24.3 Å². The molecule has 1 fully saturated rings. The molecule has 0 radical (unpaired) electrons. The maximum Gasteiger partial charge on any atom is 0.270 e. The molecule has 1 saturated heterocycles. The second-order valence-electron chi connectivity index (χ2n) is 5.04. The molecule has 100 valence electrons. The summed E-state index contributed by atoms with van der Waals surface area (Å²) in [4.78, 5) is 0. The molecule has 18 heavy (non-hydrogen) atoms. The first-order chi connectivity index (χ1) is 8.55. The molecule has 1 aliphatic heterocycles. The van der Waals surface area contributed by atoms with Crippen LogP contribution in [0.4, 0.5) is 14.5 Å². The third-order valence-corrected chi connectivity index (χ3v) is 3.44. The molecule has 1 unspecified atom stereocenters. The van der Waals surface area contributed by atoms with E-state index in [1.165, 1.54) is 18.6 Å². The Balaban J connectivity index is 1.79. The Hall–Kier alpha value is -1.16. The quantitative estimate of drug-likeness (QED) is 0.843. The van der Waals surface area contributed by atoms with Crippen molar-refractivity contribution in [1.29, 1.82) is 0 Å². The standard InChI is InChI=1S/C14H20F2N2/c1-14(15,16)12-2-4-13(5-3-12)18-9-7-11-6-8-17-10-11/h2-5,11,17-18H,6-10H2,1H3. The van der Waals surface area contributed by atoms with Gasteiger partial charge in [0.05, 0.1) is 0 Å². The van der Waals surface area contributed by atoms with Crippen LogP contribution in [0.3, 0.4) is 0 Å². The van der Waals surface area contributed by atoms with E-state index in [0.29, 0.717) is 0 Å². The van der Waals surface area contributed by atoms with E-state index in [9.17, 15) is 8.78 Å². The van der Waals surface area contributed by atoms with Gasteiger partial charge in [0, 0.05) is 24.7 Å². The van der Waals surface area contributed by atoms with Crippen molar-refractivity contribution in [3.05, 3.63) is 29.8 Å². The summed E-state index contributed by atoms with van der Waals surface area (Å²) in [5.41, 5.74) is 0.974. The van der Waals surface area contributed by atoms with E-state index in [2.05, 4.69) is 10.6 Å². The van der Waals surface area contributed by atoms with Gasteiger partial charge in [-0.2, -0.15) is 0 Å². The van der Waals surface area contributed by atoms with Crippen LogP contribution in [0, 0.1) is 5.92 Å². The highest BCUT2D eigenvalue weighted by atomic mass is 19.3. The second kappa shape index (κ2) is 5.65. The summed E-state index contributed by atoms with van der Waals surface area (Å²) < 4.78 is 26.0. The lowest BCUT2D eigenvalue weighted by Crippen LogP contribution is -2.13. The van der Waals surface area contributed by atoms with Gasteiger partial charge in [-0.1, -0.05) is 12.1 Å². The molecule has 1 aromatic rings. The van der Waals surface area contributed by atoms with E-state index in [-0.39, 0.29) is 5.56 Å². The molecule has 0 bridgehead atoms. The second-order valence-corrected chi connectivity index (χ2v) is 5.04. The molecule has 1 atom stereocenters. The average molecular weight is 254 g/mol. The molecule has 1 aromatic carbocycles. The van der Waals surface area contributed by atoms with Crippen molar-refractivity contribution in [2.24, 2.45) is 5.92 Å². The van der Waals surface area contributed by atoms with Gasteiger partial charge in [-0.25, -0.2) is 8.78 Å². The van der Waals surface area contributed by atoms with Crippen LogP contribution in [-0.2, 0) is 5.92 Å². The fraction of sp³-hybridized carbons (Fsp3) is 0.571. The van der Waals surface area contributed by atoms with Crippen molar-refractivity contribution in [2.45, 2.75) is 25.7 Å². The molecule has 2 rings (SSSR count). The largest absolute Gasteiger partial charge is 0.385 e. The molecule has 2 N–H and O–H groups in total. The zero-order valence-corrected chi connectivity index (χ0v) is 10.7. The van der Waals surface area contributed by atoms with Crippen LogP contribution in [0.2, 0.25) is 0 Å². The summed E-state index contributed by atoms with van der Waals surface area (Å²) in [6.07, 6.45) is 2.36. The molecular weight excluding hydrogens is 234 g/mol. The lowest BCUT2D eigenvalue weighted by molar-refractivity contribution is 0.0175. The van der Waals surface area contributed by atoms with E-state index >= 15 is 0 Å². The number of halogens is 2. The highest BCUT2D eigenvalue weighted by molar-refractivity contribution is 5.45. The molecule has 0 aromatic heterocycles. The van der Waals surface area contributed by atoms with E-state index in [0.717, 1.165) is 44.6 Å². The Kier molecular flexibility index (Phi) is 4.17. The van der Waals surface area contributed by atoms with Crippen LogP contribution in [-0.4, -0.2) is 19.6 Å². The van der Waals surface area contributed by atoms with Crippen molar-refractivity contribution in [1.82, 2.24) is 5.32 Å². The van der Waals surface area contributed by atoms with E-state index in [1.54, 1.807) is 12.1 Å². The Bertz CT molecular complexity index is 364. The van der Waals surface area contributed by atoms with Crippen molar-refractivity contribution >= 4 is 5.69 Å². The van der Waals surface area contributed by atoms with Gasteiger partial charge >= 0.3 is 0 Å². The fourth-order valence-electron chi connectivity index (χ4n) is 2.26. The molecule has 4 heteroatoms. The SMILES string of the molecule is CC(F)(F)c1ccc(NCCC2CCNC2)cc1. The third-order valence-electron chi connectivity index (χ3n) is 3.44. The number of nitrogens with one attached hydrogen (secondary N) is 2. The van der Waals surface area contributed by atoms with E-state index in [4.69, 9.17) is 0 Å². The number of benzene rings is 1. The molecule has 0 amide bonds. The van der Waals surface area contributed by atoms with Gasteiger partial charge < -0.3 is 10.6 Å². The number of hydrogen-bond donors (Lipinski definition) is 2. The molecule has 2 nitrogen and oxygen atoms in total. The topological polar surface area (TPSA) is 24.1 Å². The minimum Gasteiger partial charge on any atom is -0.385 e. The third kappa shape index (κ3) is 3.67. The first-order valence-corrected chi connectivity index (χ1v) is 6.48. The van der Waals surface area contributed by atoms with Crippen molar-refractivity contribution < 1.29 is 8.78 Å². The molecule has 1 heterocycles. The van der Waals surface area contributed by atoms with E-state index < -0.39 is 5.92 Å². The van der Waals surface area contributed by atoms with Gasteiger partial charge in [0.25, 0.3) is 5.92 Å². The average Bonchev–Trinajstić information content (AvgIpc) is 2.82. The van der Waals surface area contributed by atoms with Crippen molar-refractivity contribution in [3.8, 4) is 0 Å². The van der Waals surface area contributed by atoms with Gasteiger partial charge in [-0.3, -0.25) is 0 Å². The maximum absolute atomic E-state index is 13.0. The van der Waals surface area contributed by atoms with Crippen LogP contribution in [0.25, 0.3) is 0 Å². The van der Waals surface area contributed by atoms with E-state index in [1.807, 2.05) is 0 Å². The van der Waals surface area contributed by atoms with Gasteiger partial charge in [0.15, 0.2) is 0 Å². The highest BCUT2D eigenvalue weighted by Crippen LogP contribution is 2.27. The monoisotopic (exact) mass is 254 g/mol. The predicted octanol–water partition coefficient (Wildman–Crippen LogP) is 3.21.